The summed E-state index contributed by atoms with van der Waals surface area (Å²) in [5.74, 6) is 0.544. The quantitative estimate of drug-likeness (QED) is 0.656. The van der Waals surface area contributed by atoms with Crippen molar-refractivity contribution in [3.05, 3.63) is 36.5 Å². The largest absolute Gasteiger partial charge is 0.388 e. The van der Waals surface area contributed by atoms with Crippen molar-refractivity contribution in [2.24, 2.45) is 0 Å². The van der Waals surface area contributed by atoms with Gasteiger partial charge in [0.2, 0.25) is 0 Å². The van der Waals surface area contributed by atoms with Crippen LogP contribution in [0, 0.1) is 6.92 Å². The maximum atomic E-state index is 8.79. The summed E-state index contributed by atoms with van der Waals surface area (Å²) < 4.78 is 0. The lowest BCUT2D eigenvalue weighted by molar-refractivity contribution is 0.273. The Morgan fingerprint density at radius 2 is 2.33 bits per heavy atom. The first-order valence-corrected chi connectivity index (χ1v) is 3.65. The number of benzene rings is 1. The predicted octanol–water partition coefficient (Wildman–Crippen LogP) is 1.11. The Hall–Kier alpha value is -1.35. The molecule has 12 heavy (non-hydrogen) atoms. The van der Waals surface area contributed by atoms with Crippen LogP contribution in [0.25, 0.3) is 11.0 Å². The molecular weight excluding hydrogens is 152 g/mol. The van der Waals surface area contributed by atoms with Gasteiger partial charge in [0.25, 0.3) is 0 Å². The Bertz CT molecular complexity index is 406. The maximum absolute atomic E-state index is 8.79. The molecule has 0 aliphatic rings. The van der Waals surface area contributed by atoms with E-state index in [2.05, 4.69) is 9.97 Å². The number of hydrogen-bond acceptors (Lipinski definition) is 2. The van der Waals surface area contributed by atoms with Gasteiger partial charge in [0, 0.05) is 6.92 Å². The third-order valence-electron chi connectivity index (χ3n) is 1.74. The molecule has 1 aromatic carbocycles. The average molecular weight is 160 g/mol. The van der Waals surface area contributed by atoms with E-state index in [1.807, 2.05) is 12.1 Å². The first-order chi connectivity index (χ1) is 5.81. The van der Waals surface area contributed by atoms with Crippen LogP contribution in [-0.2, 0) is 6.61 Å². The van der Waals surface area contributed by atoms with Gasteiger partial charge < -0.3 is 10.1 Å². The maximum Gasteiger partial charge on any atom is 0.133 e. The van der Waals surface area contributed by atoms with Gasteiger partial charge in [0.15, 0.2) is 0 Å². The van der Waals surface area contributed by atoms with Gasteiger partial charge >= 0.3 is 0 Å². The van der Waals surface area contributed by atoms with Crippen molar-refractivity contribution in [3.63, 3.8) is 0 Å². The molecule has 0 spiro atoms. The summed E-state index contributed by atoms with van der Waals surface area (Å²) in [6.45, 7) is 5.57. The highest BCUT2D eigenvalue weighted by molar-refractivity contribution is 5.79. The number of aromatic nitrogens is 2. The zero-order chi connectivity index (χ0) is 8.55. The summed E-state index contributed by atoms with van der Waals surface area (Å²) in [7, 11) is 0. The molecule has 1 aromatic heterocycles. The Kier molecular flexibility index (Phi) is 1.59. The van der Waals surface area contributed by atoms with E-state index in [0.29, 0.717) is 11.4 Å². The van der Waals surface area contributed by atoms with Crippen LogP contribution in [0.3, 0.4) is 0 Å². The highest BCUT2D eigenvalue weighted by Crippen LogP contribution is 2.14. The van der Waals surface area contributed by atoms with Crippen molar-refractivity contribution < 1.29 is 5.11 Å². The van der Waals surface area contributed by atoms with Crippen LogP contribution in [-0.4, -0.2) is 15.1 Å². The van der Waals surface area contributed by atoms with Crippen molar-refractivity contribution in [2.75, 3.05) is 0 Å². The fourth-order valence-electron chi connectivity index (χ4n) is 1.18. The SMILES string of the molecule is [CH]c1cccc2[nH]c(CO)nc12. The lowest BCUT2D eigenvalue weighted by Crippen LogP contribution is -1.83. The zero-order valence-electron chi connectivity index (χ0n) is 6.41. The normalized spacial score (nSPS) is 10.8. The van der Waals surface area contributed by atoms with E-state index in [1.54, 1.807) is 6.07 Å². The van der Waals surface area contributed by atoms with E-state index in [4.69, 9.17) is 12.0 Å². The second kappa shape index (κ2) is 2.60. The number of nitrogens with one attached hydrogen (secondary N) is 1. The molecular formula is C9H8N2O. The molecule has 0 saturated heterocycles. The van der Waals surface area contributed by atoms with Crippen LogP contribution >= 0.6 is 0 Å². The van der Waals surface area contributed by atoms with E-state index in [9.17, 15) is 0 Å². The van der Waals surface area contributed by atoms with Gasteiger partial charge in [-0.1, -0.05) is 12.1 Å². The van der Waals surface area contributed by atoms with Gasteiger partial charge in [-0.3, -0.25) is 0 Å². The minimum Gasteiger partial charge on any atom is -0.388 e. The van der Waals surface area contributed by atoms with Gasteiger partial charge in [-0.05, 0) is 11.6 Å². The summed E-state index contributed by atoms with van der Waals surface area (Å²) in [5, 5.41) is 8.79. The molecule has 3 nitrogen and oxygen atoms in total. The molecule has 2 rings (SSSR count). The standard InChI is InChI=1S/C9H8N2O/c1-6-3-2-4-7-9(6)11-8(5-12)10-7/h1-4,12H,5H2,(H,10,11). The van der Waals surface area contributed by atoms with E-state index >= 15 is 0 Å². The fraction of sp³-hybridized carbons (Fsp3) is 0.111. The molecule has 1 heterocycles. The molecule has 0 aliphatic heterocycles. The molecule has 0 fully saturated rings. The van der Waals surface area contributed by atoms with Gasteiger partial charge in [0.05, 0.1) is 11.0 Å². The first kappa shape index (κ1) is 7.31. The number of aromatic amines is 1. The topological polar surface area (TPSA) is 48.9 Å². The Morgan fingerprint density at radius 1 is 1.50 bits per heavy atom. The molecule has 2 radical (unpaired) electrons. The summed E-state index contributed by atoms with van der Waals surface area (Å²) in [4.78, 5) is 7.05. The van der Waals surface area contributed by atoms with Crippen LogP contribution in [0.15, 0.2) is 18.2 Å². The average Bonchev–Trinajstić information content (AvgIpc) is 2.49. The van der Waals surface area contributed by atoms with Crippen molar-refractivity contribution in [3.8, 4) is 0 Å². The molecule has 60 valence electrons. The summed E-state index contributed by atoms with van der Waals surface area (Å²) in [5.41, 5.74) is 2.21. The van der Waals surface area contributed by atoms with Crippen molar-refractivity contribution in [1.82, 2.24) is 9.97 Å². The molecule has 0 atom stereocenters. The smallest absolute Gasteiger partial charge is 0.133 e. The molecule has 2 N–H and O–H groups in total. The predicted molar refractivity (Wildman–Crippen MR) is 45.4 cm³/mol. The van der Waals surface area contributed by atoms with E-state index < -0.39 is 0 Å². The molecule has 0 saturated carbocycles. The van der Waals surface area contributed by atoms with Gasteiger partial charge in [0.1, 0.15) is 12.4 Å². The minimum absolute atomic E-state index is 0.0892. The van der Waals surface area contributed by atoms with E-state index in [1.165, 1.54) is 0 Å². The molecule has 0 amide bonds. The Labute approximate surface area is 70.1 Å². The summed E-state index contributed by atoms with van der Waals surface area (Å²) in [6, 6.07) is 5.50. The molecule has 0 bridgehead atoms. The number of hydrogen-bond donors (Lipinski definition) is 2. The third-order valence-corrected chi connectivity index (χ3v) is 1.74. The van der Waals surface area contributed by atoms with E-state index in [-0.39, 0.29) is 6.61 Å². The van der Waals surface area contributed by atoms with Crippen molar-refractivity contribution in [2.45, 2.75) is 6.61 Å². The highest BCUT2D eigenvalue weighted by Gasteiger charge is 2.02. The number of fused-ring (bicyclic) bond motifs is 1. The Balaban J connectivity index is 2.74. The summed E-state index contributed by atoms with van der Waals surface area (Å²) >= 11 is 0. The van der Waals surface area contributed by atoms with Gasteiger partial charge in [-0.2, -0.15) is 0 Å². The van der Waals surface area contributed by atoms with Crippen LogP contribution in [0.1, 0.15) is 11.4 Å². The number of nitrogens with zero attached hydrogens (tertiary/aromatic N) is 1. The number of imidazole rings is 1. The first-order valence-electron chi connectivity index (χ1n) is 3.65. The molecule has 0 aliphatic carbocycles. The third kappa shape index (κ3) is 0.987. The lowest BCUT2D eigenvalue weighted by atomic mass is 10.2. The molecule has 2 aromatic rings. The number of H-pyrrole nitrogens is 1. The zero-order valence-corrected chi connectivity index (χ0v) is 6.41. The van der Waals surface area contributed by atoms with Crippen LogP contribution in [0.5, 0.6) is 0 Å². The van der Waals surface area contributed by atoms with Crippen LogP contribution < -0.4 is 0 Å². The van der Waals surface area contributed by atoms with Crippen molar-refractivity contribution >= 4 is 11.0 Å². The van der Waals surface area contributed by atoms with Crippen LogP contribution in [0.2, 0.25) is 0 Å². The molecule has 0 unspecified atom stereocenters. The second-order valence-electron chi connectivity index (χ2n) is 2.59. The fourth-order valence-corrected chi connectivity index (χ4v) is 1.18. The summed E-state index contributed by atoms with van der Waals surface area (Å²) in [6.07, 6.45) is 0. The van der Waals surface area contributed by atoms with Gasteiger partial charge in [-0.25, -0.2) is 4.98 Å². The monoisotopic (exact) mass is 160 g/mol. The lowest BCUT2D eigenvalue weighted by Gasteiger charge is -1.89. The van der Waals surface area contributed by atoms with Gasteiger partial charge in [-0.15, -0.1) is 0 Å². The number of rotatable bonds is 1. The Morgan fingerprint density at radius 3 is 3.00 bits per heavy atom. The minimum atomic E-state index is -0.0892. The number of para-hydroxylation sites is 1. The van der Waals surface area contributed by atoms with Crippen molar-refractivity contribution in [1.29, 1.82) is 0 Å². The second-order valence-corrected chi connectivity index (χ2v) is 2.59. The number of aliphatic hydroxyl groups is 1. The van der Waals surface area contributed by atoms with E-state index in [0.717, 1.165) is 11.0 Å². The highest BCUT2D eigenvalue weighted by atomic mass is 16.3. The number of aliphatic hydroxyl groups excluding tert-OH is 1. The molecule has 3 heteroatoms. The van der Waals surface area contributed by atoms with Crippen LogP contribution in [0.4, 0.5) is 0 Å².